The molecule has 3 heteroatoms. The van der Waals surface area contributed by atoms with Crippen molar-refractivity contribution in [3.05, 3.63) is 22.4 Å². The van der Waals surface area contributed by atoms with E-state index in [1.807, 2.05) is 11.3 Å². The number of hydrogen-bond donors (Lipinski definition) is 1. The standard InChI is InChI=1S/C14H23NOS/c1(2-9-15-13-6-7-13)3-10-16-11-8-14-5-4-12-17-14/h4-5,12-13,15H,1-3,6-11H2. The minimum absolute atomic E-state index is 0.858. The molecule has 1 heterocycles. The first-order valence-corrected chi connectivity index (χ1v) is 7.66. The third kappa shape index (κ3) is 6.20. The summed E-state index contributed by atoms with van der Waals surface area (Å²) >= 11 is 1.82. The Hall–Kier alpha value is -0.380. The van der Waals surface area contributed by atoms with Crippen LogP contribution in [0.5, 0.6) is 0 Å². The predicted octanol–water partition coefficient (Wildman–Crippen LogP) is 3.23. The summed E-state index contributed by atoms with van der Waals surface area (Å²) in [5, 5.41) is 5.66. The van der Waals surface area contributed by atoms with E-state index in [9.17, 15) is 0 Å². The molecule has 0 bridgehead atoms. The Morgan fingerprint density at radius 1 is 1.24 bits per heavy atom. The molecule has 0 amide bonds. The van der Waals surface area contributed by atoms with Gasteiger partial charge in [-0.25, -0.2) is 0 Å². The lowest BCUT2D eigenvalue weighted by atomic mass is 10.2. The van der Waals surface area contributed by atoms with Gasteiger partial charge in [-0.2, -0.15) is 0 Å². The number of thiophene rings is 1. The van der Waals surface area contributed by atoms with Gasteiger partial charge in [0.15, 0.2) is 0 Å². The maximum absolute atomic E-state index is 5.63. The summed E-state index contributed by atoms with van der Waals surface area (Å²) in [7, 11) is 0. The van der Waals surface area contributed by atoms with Crippen molar-refractivity contribution in [3.8, 4) is 0 Å². The summed E-state index contributed by atoms with van der Waals surface area (Å²) in [6.07, 6.45) is 7.65. The largest absolute Gasteiger partial charge is 0.381 e. The summed E-state index contributed by atoms with van der Waals surface area (Å²) in [6, 6.07) is 5.14. The van der Waals surface area contributed by atoms with Gasteiger partial charge in [0.2, 0.25) is 0 Å². The van der Waals surface area contributed by atoms with E-state index in [4.69, 9.17) is 4.74 Å². The third-order valence-electron chi connectivity index (χ3n) is 3.05. The normalized spacial score (nSPS) is 15.3. The van der Waals surface area contributed by atoms with E-state index in [2.05, 4.69) is 22.8 Å². The molecule has 1 aromatic heterocycles. The molecule has 0 saturated heterocycles. The van der Waals surface area contributed by atoms with Crippen LogP contribution in [-0.4, -0.2) is 25.8 Å². The number of unbranched alkanes of at least 4 members (excludes halogenated alkanes) is 2. The average Bonchev–Trinajstić information content (AvgIpc) is 3.02. The highest BCUT2D eigenvalue weighted by Gasteiger charge is 2.19. The molecular weight excluding hydrogens is 230 g/mol. The number of nitrogens with one attached hydrogen (secondary N) is 1. The third-order valence-corrected chi connectivity index (χ3v) is 3.98. The molecule has 2 nitrogen and oxygen atoms in total. The van der Waals surface area contributed by atoms with Gasteiger partial charge in [-0.05, 0) is 50.1 Å². The molecule has 1 aliphatic rings. The first-order chi connectivity index (χ1) is 8.45. The molecule has 0 radical (unpaired) electrons. The van der Waals surface area contributed by atoms with Crippen molar-refractivity contribution in [2.24, 2.45) is 0 Å². The van der Waals surface area contributed by atoms with Crippen molar-refractivity contribution in [1.29, 1.82) is 0 Å². The van der Waals surface area contributed by atoms with Crippen molar-refractivity contribution in [2.75, 3.05) is 19.8 Å². The van der Waals surface area contributed by atoms with Crippen LogP contribution in [0.15, 0.2) is 17.5 Å². The molecule has 1 N–H and O–H groups in total. The van der Waals surface area contributed by atoms with Crippen LogP contribution in [0.3, 0.4) is 0 Å². The van der Waals surface area contributed by atoms with Gasteiger partial charge in [0.05, 0.1) is 6.61 Å². The second-order valence-corrected chi connectivity index (χ2v) is 5.76. The van der Waals surface area contributed by atoms with Crippen LogP contribution in [0.2, 0.25) is 0 Å². The first-order valence-electron chi connectivity index (χ1n) is 6.78. The fraction of sp³-hybridized carbons (Fsp3) is 0.714. The Morgan fingerprint density at radius 2 is 2.18 bits per heavy atom. The van der Waals surface area contributed by atoms with Crippen LogP contribution >= 0.6 is 11.3 Å². The smallest absolute Gasteiger partial charge is 0.0514 e. The lowest BCUT2D eigenvalue weighted by Gasteiger charge is -2.04. The fourth-order valence-electron chi connectivity index (χ4n) is 1.83. The molecule has 0 atom stereocenters. The number of ether oxygens (including phenoxy) is 1. The highest BCUT2D eigenvalue weighted by molar-refractivity contribution is 7.09. The molecule has 1 saturated carbocycles. The van der Waals surface area contributed by atoms with E-state index in [1.54, 1.807) is 0 Å². The van der Waals surface area contributed by atoms with Crippen LogP contribution in [0.25, 0.3) is 0 Å². The van der Waals surface area contributed by atoms with Crippen molar-refractivity contribution in [1.82, 2.24) is 5.32 Å². The molecule has 2 rings (SSSR count). The van der Waals surface area contributed by atoms with Gasteiger partial charge in [-0.15, -0.1) is 11.3 Å². The lowest BCUT2D eigenvalue weighted by Crippen LogP contribution is -2.17. The zero-order valence-electron chi connectivity index (χ0n) is 10.5. The van der Waals surface area contributed by atoms with Gasteiger partial charge < -0.3 is 10.1 Å². The van der Waals surface area contributed by atoms with E-state index < -0.39 is 0 Å². The van der Waals surface area contributed by atoms with Crippen molar-refractivity contribution in [2.45, 2.75) is 44.6 Å². The van der Waals surface area contributed by atoms with E-state index in [1.165, 1.54) is 43.5 Å². The highest BCUT2D eigenvalue weighted by atomic mass is 32.1. The number of hydrogen-bond acceptors (Lipinski definition) is 3. The zero-order chi connectivity index (χ0) is 11.8. The van der Waals surface area contributed by atoms with Crippen LogP contribution < -0.4 is 5.32 Å². The van der Waals surface area contributed by atoms with E-state index >= 15 is 0 Å². The number of rotatable bonds is 10. The molecule has 17 heavy (non-hydrogen) atoms. The van der Waals surface area contributed by atoms with Crippen molar-refractivity contribution < 1.29 is 4.74 Å². The van der Waals surface area contributed by atoms with Crippen LogP contribution in [0.4, 0.5) is 0 Å². The Morgan fingerprint density at radius 3 is 2.94 bits per heavy atom. The van der Waals surface area contributed by atoms with Gasteiger partial charge in [0, 0.05) is 23.9 Å². The van der Waals surface area contributed by atoms with Gasteiger partial charge in [-0.3, -0.25) is 0 Å². The van der Waals surface area contributed by atoms with Crippen LogP contribution in [-0.2, 0) is 11.2 Å². The van der Waals surface area contributed by atoms with Gasteiger partial charge in [0.25, 0.3) is 0 Å². The zero-order valence-corrected chi connectivity index (χ0v) is 11.3. The maximum Gasteiger partial charge on any atom is 0.0514 e. The van der Waals surface area contributed by atoms with Crippen molar-refractivity contribution in [3.63, 3.8) is 0 Å². The molecule has 0 aliphatic heterocycles. The Labute approximate surface area is 108 Å². The Bertz CT molecular complexity index is 282. The second-order valence-electron chi connectivity index (χ2n) is 4.73. The maximum atomic E-state index is 5.63. The predicted molar refractivity (Wildman–Crippen MR) is 73.7 cm³/mol. The quantitative estimate of drug-likeness (QED) is 0.646. The van der Waals surface area contributed by atoms with Gasteiger partial charge >= 0.3 is 0 Å². The molecule has 1 aromatic rings. The summed E-state index contributed by atoms with van der Waals surface area (Å²) < 4.78 is 5.63. The summed E-state index contributed by atoms with van der Waals surface area (Å²) in [6.45, 7) is 3.00. The molecule has 0 unspecified atom stereocenters. The molecule has 0 aromatic carbocycles. The molecule has 1 aliphatic carbocycles. The van der Waals surface area contributed by atoms with Gasteiger partial charge in [-0.1, -0.05) is 6.07 Å². The fourth-order valence-corrected chi connectivity index (χ4v) is 2.52. The first kappa shape index (κ1) is 13.1. The summed E-state index contributed by atoms with van der Waals surface area (Å²) in [4.78, 5) is 1.43. The average molecular weight is 253 g/mol. The molecule has 1 fully saturated rings. The minimum atomic E-state index is 0.858. The Balaban J connectivity index is 1.31. The summed E-state index contributed by atoms with van der Waals surface area (Å²) in [5.41, 5.74) is 0. The van der Waals surface area contributed by atoms with E-state index in [0.29, 0.717) is 0 Å². The van der Waals surface area contributed by atoms with Crippen molar-refractivity contribution >= 4 is 11.3 Å². The highest BCUT2D eigenvalue weighted by Crippen LogP contribution is 2.18. The molecule has 0 spiro atoms. The van der Waals surface area contributed by atoms with E-state index in [0.717, 1.165) is 25.7 Å². The molecule has 96 valence electrons. The monoisotopic (exact) mass is 253 g/mol. The second kappa shape index (κ2) is 7.85. The topological polar surface area (TPSA) is 21.3 Å². The van der Waals surface area contributed by atoms with Crippen LogP contribution in [0, 0.1) is 0 Å². The van der Waals surface area contributed by atoms with Gasteiger partial charge in [0.1, 0.15) is 0 Å². The SMILES string of the molecule is c1csc(CCOCCCCCNC2CC2)c1. The van der Waals surface area contributed by atoms with Crippen LogP contribution in [0.1, 0.15) is 37.0 Å². The lowest BCUT2D eigenvalue weighted by molar-refractivity contribution is 0.133. The van der Waals surface area contributed by atoms with E-state index in [-0.39, 0.29) is 0 Å². The minimum Gasteiger partial charge on any atom is -0.381 e. The molecular formula is C14H23NOS. The summed E-state index contributed by atoms with van der Waals surface area (Å²) in [5.74, 6) is 0. The Kier molecular flexibility index (Phi) is 6.03.